The Morgan fingerprint density at radius 1 is 1.09 bits per heavy atom. The molecule has 1 unspecified atom stereocenters. The van der Waals surface area contributed by atoms with Crippen LogP contribution in [0.25, 0.3) is 5.69 Å². The Kier molecular flexibility index (Phi) is 6.50. The average molecular weight is 467 g/mol. The summed E-state index contributed by atoms with van der Waals surface area (Å²) in [4.78, 5) is 17.7. The molecule has 0 saturated carbocycles. The van der Waals surface area contributed by atoms with Crippen LogP contribution in [0.4, 0.5) is 0 Å². The molecule has 0 aliphatic rings. The maximum atomic E-state index is 12.6. The summed E-state index contributed by atoms with van der Waals surface area (Å²) in [6.45, 7) is 2.14. The number of amides is 1. The van der Waals surface area contributed by atoms with Gasteiger partial charge < -0.3 is 9.88 Å². The van der Waals surface area contributed by atoms with Crippen molar-refractivity contribution in [3.05, 3.63) is 101 Å². The van der Waals surface area contributed by atoms with Gasteiger partial charge in [0.15, 0.2) is 0 Å². The Labute approximate surface area is 190 Å². The van der Waals surface area contributed by atoms with E-state index in [-0.39, 0.29) is 23.4 Å². The third-order valence-electron chi connectivity index (χ3n) is 4.99. The van der Waals surface area contributed by atoms with Crippen molar-refractivity contribution in [3.63, 3.8) is 0 Å². The number of rotatable bonds is 8. The molecule has 1 amide bonds. The second-order valence-electron chi connectivity index (χ2n) is 7.18. The Bertz CT molecular complexity index is 1270. The quantitative estimate of drug-likeness (QED) is 0.412. The predicted octanol–water partition coefficient (Wildman–Crippen LogP) is 3.90. The van der Waals surface area contributed by atoms with Gasteiger partial charge in [-0.1, -0.05) is 18.2 Å². The highest BCUT2D eigenvalue weighted by Gasteiger charge is 2.16. The summed E-state index contributed by atoms with van der Waals surface area (Å²) in [7, 11) is -3.65. The summed E-state index contributed by atoms with van der Waals surface area (Å²) in [6, 6.07) is 17.3. The van der Waals surface area contributed by atoms with E-state index in [1.54, 1.807) is 12.5 Å². The van der Waals surface area contributed by atoms with Gasteiger partial charge in [-0.3, -0.25) is 4.79 Å². The van der Waals surface area contributed by atoms with Gasteiger partial charge in [0.05, 0.1) is 17.3 Å². The fourth-order valence-electron chi connectivity index (χ4n) is 3.16. The number of carbonyl (C=O) groups is 1. The monoisotopic (exact) mass is 466 g/mol. The lowest BCUT2D eigenvalue weighted by Gasteiger charge is -2.15. The highest BCUT2D eigenvalue weighted by molar-refractivity contribution is 7.89. The van der Waals surface area contributed by atoms with Crippen molar-refractivity contribution in [2.45, 2.75) is 24.4 Å². The summed E-state index contributed by atoms with van der Waals surface area (Å²) in [5.41, 5.74) is 2.33. The van der Waals surface area contributed by atoms with E-state index in [4.69, 9.17) is 0 Å². The first-order chi connectivity index (χ1) is 15.4. The van der Waals surface area contributed by atoms with Crippen LogP contribution in [0.1, 0.15) is 33.8 Å². The molecule has 7 nitrogen and oxygen atoms in total. The van der Waals surface area contributed by atoms with Gasteiger partial charge in [-0.05, 0) is 60.3 Å². The van der Waals surface area contributed by atoms with Crippen molar-refractivity contribution < 1.29 is 13.2 Å². The summed E-state index contributed by atoms with van der Waals surface area (Å²) >= 11 is 1.49. The van der Waals surface area contributed by atoms with Crippen LogP contribution in [0.15, 0.2) is 89.7 Å². The predicted molar refractivity (Wildman–Crippen MR) is 124 cm³/mol. The zero-order valence-corrected chi connectivity index (χ0v) is 18.9. The topological polar surface area (TPSA) is 93.1 Å². The van der Waals surface area contributed by atoms with Crippen LogP contribution >= 0.6 is 11.3 Å². The second-order valence-corrected chi connectivity index (χ2v) is 9.98. The van der Waals surface area contributed by atoms with E-state index in [9.17, 15) is 13.2 Å². The first-order valence-electron chi connectivity index (χ1n) is 9.94. The third kappa shape index (κ3) is 5.13. The van der Waals surface area contributed by atoms with Gasteiger partial charge in [0.2, 0.25) is 10.0 Å². The van der Waals surface area contributed by atoms with E-state index in [0.29, 0.717) is 5.56 Å². The first kappa shape index (κ1) is 21.9. The molecule has 0 aliphatic carbocycles. The van der Waals surface area contributed by atoms with Gasteiger partial charge in [-0.2, -0.15) is 0 Å². The maximum Gasteiger partial charge on any atom is 0.251 e. The lowest BCUT2D eigenvalue weighted by molar-refractivity contribution is 0.0940. The minimum absolute atomic E-state index is 0.119. The number of thiophene rings is 1. The lowest BCUT2D eigenvalue weighted by Crippen LogP contribution is -2.27. The molecule has 164 valence electrons. The molecule has 4 rings (SSSR count). The summed E-state index contributed by atoms with van der Waals surface area (Å²) in [5.74, 6) is -0.272. The van der Waals surface area contributed by atoms with Crippen LogP contribution in [0.5, 0.6) is 0 Å². The van der Waals surface area contributed by atoms with Crippen LogP contribution in [-0.2, 0) is 16.6 Å². The molecule has 0 radical (unpaired) electrons. The summed E-state index contributed by atoms with van der Waals surface area (Å²) < 4.78 is 29.4. The Balaban J connectivity index is 1.38. The molecule has 0 fully saturated rings. The number of sulfonamides is 1. The number of aromatic nitrogens is 2. The number of hydrogen-bond donors (Lipinski definition) is 2. The molecule has 9 heteroatoms. The van der Waals surface area contributed by atoms with Crippen molar-refractivity contribution >= 4 is 27.3 Å². The SMILES string of the molecule is CC(NC(=O)c1ccc(S(=O)(=O)NCc2cccs2)cc1)c1ccc(-n2ccnc2)cc1. The Morgan fingerprint density at radius 2 is 1.84 bits per heavy atom. The molecule has 2 N–H and O–H groups in total. The van der Waals surface area contributed by atoms with Crippen LogP contribution in [0, 0.1) is 0 Å². The van der Waals surface area contributed by atoms with Gasteiger partial charge in [0, 0.05) is 35.1 Å². The standard InChI is InChI=1S/C23H22N4O3S2/c1-17(18-4-8-20(9-5-18)27-13-12-24-16-27)26-23(28)19-6-10-22(11-7-19)32(29,30)25-15-21-3-2-14-31-21/h2-14,16-17,25H,15H2,1H3,(H,26,28). The fraction of sp³-hybridized carbons (Fsp3) is 0.130. The largest absolute Gasteiger partial charge is 0.346 e. The first-order valence-corrected chi connectivity index (χ1v) is 12.3. The Morgan fingerprint density at radius 3 is 2.47 bits per heavy atom. The number of carbonyl (C=O) groups excluding carboxylic acids is 1. The smallest absolute Gasteiger partial charge is 0.251 e. The molecule has 0 saturated heterocycles. The summed E-state index contributed by atoms with van der Waals surface area (Å²) in [5, 5.41) is 4.84. The number of nitrogens with one attached hydrogen (secondary N) is 2. The van der Waals surface area contributed by atoms with Crippen molar-refractivity contribution in [3.8, 4) is 5.69 Å². The van der Waals surface area contributed by atoms with Crippen LogP contribution in [0.3, 0.4) is 0 Å². The van der Waals surface area contributed by atoms with Crippen LogP contribution < -0.4 is 10.0 Å². The molecule has 4 aromatic rings. The van der Waals surface area contributed by atoms with Crippen molar-refractivity contribution in [1.29, 1.82) is 0 Å². The van der Waals surface area contributed by atoms with E-state index in [2.05, 4.69) is 15.0 Å². The Hall–Kier alpha value is -3.27. The summed E-state index contributed by atoms with van der Waals surface area (Å²) in [6.07, 6.45) is 5.30. The van der Waals surface area contributed by atoms with Gasteiger partial charge in [0.1, 0.15) is 0 Å². The number of imidazole rings is 1. The van der Waals surface area contributed by atoms with Gasteiger partial charge in [-0.25, -0.2) is 18.1 Å². The highest BCUT2D eigenvalue weighted by Crippen LogP contribution is 2.17. The third-order valence-corrected chi connectivity index (χ3v) is 7.28. The fourth-order valence-corrected chi connectivity index (χ4v) is 4.90. The highest BCUT2D eigenvalue weighted by atomic mass is 32.2. The normalized spacial score (nSPS) is 12.4. The number of nitrogens with zero attached hydrogens (tertiary/aromatic N) is 2. The van der Waals surface area contributed by atoms with E-state index in [1.165, 1.54) is 35.6 Å². The van der Waals surface area contributed by atoms with Gasteiger partial charge >= 0.3 is 0 Å². The van der Waals surface area contributed by atoms with E-state index in [1.807, 2.05) is 59.5 Å². The van der Waals surface area contributed by atoms with Crippen LogP contribution in [-0.4, -0.2) is 23.9 Å². The molecule has 1 atom stereocenters. The minimum Gasteiger partial charge on any atom is -0.346 e. The molecular weight excluding hydrogens is 444 g/mol. The minimum atomic E-state index is -3.65. The van der Waals surface area contributed by atoms with E-state index >= 15 is 0 Å². The van der Waals surface area contributed by atoms with E-state index < -0.39 is 10.0 Å². The lowest BCUT2D eigenvalue weighted by atomic mass is 10.1. The molecule has 2 aromatic heterocycles. The molecule has 32 heavy (non-hydrogen) atoms. The molecule has 0 spiro atoms. The average Bonchev–Trinajstić information content (AvgIpc) is 3.52. The van der Waals surface area contributed by atoms with E-state index in [0.717, 1.165) is 16.1 Å². The van der Waals surface area contributed by atoms with Crippen LogP contribution in [0.2, 0.25) is 0 Å². The number of benzene rings is 2. The molecule has 0 bridgehead atoms. The molecule has 0 aliphatic heterocycles. The van der Waals surface area contributed by atoms with Gasteiger partial charge in [0.25, 0.3) is 5.91 Å². The van der Waals surface area contributed by atoms with Crippen molar-refractivity contribution in [1.82, 2.24) is 19.6 Å². The molecule has 2 heterocycles. The second kappa shape index (κ2) is 9.47. The zero-order valence-electron chi connectivity index (χ0n) is 17.3. The molecule has 2 aromatic carbocycles. The van der Waals surface area contributed by atoms with Crippen molar-refractivity contribution in [2.75, 3.05) is 0 Å². The zero-order chi connectivity index (χ0) is 22.6. The van der Waals surface area contributed by atoms with Gasteiger partial charge in [-0.15, -0.1) is 11.3 Å². The van der Waals surface area contributed by atoms with Crippen molar-refractivity contribution in [2.24, 2.45) is 0 Å². The number of hydrogen-bond acceptors (Lipinski definition) is 5. The molecular formula is C23H22N4O3S2. The maximum absolute atomic E-state index is 12.6.